The van der Waals surface area contributed by atoms with E-state index in [2.05, 4.69) is 16.0 Å². The highest BCUT2D eigenvalue weighted by atomic mass is 16.5. The molecular formula is C19H19N3O4. The van der Waals surface area contributed by atoms with E-state index in [0.29, 0.717) is 13.0 Å². The van der Waals surface area contributed by atoms with Crippen LogP contribution in [0.4, 0.5) is 4.79 Å². The van der Waals surface area contributed by atoms with Crippen molar-refractivity contribution in [2.75, 3.05) is 6.54 Å². The zero-order chi connectivity index (χ0) is 18.4. The smallest absolute Gasteiger partial charge is 0.322 e. The van der Waals surface area contributed by atoms with E-state index in [9.17, 15) is 14.4 Å². The monoisotopic (exact) mass is 353 g/mol. The Morgan fingerprint density at radius 1 is 1.00 bits per heavy atom. The number of urea groups is 1. The van der Waals surface area contributed by atoms with Gasteiger partial charge in [-0.25, -0.2) is 4.79 Å². The van der Waals surface area contributed by atoms with Gasteiger partial charge >= 0.3 is 6.03 Å². The average molecular weight is 353 g/mol. The summed E-state index contributed by atoms with van der Waals surface area (Å²) in [6, 6.07) is 15.8. The second-order valence-electron chi connectivity index (χ2n) is 5.88. The van der Waals surface area contributed by atoms with Crippen LogP contribution in [-0.4, -0.2) is 30.4 Å². The molecule has 0 aromatic heterocycles. The summed E-state index contributed by atoms with van der Waals surface area (Å²) in [5, 5.41) is 7.24. The molecular weight excluding hydrogens is 334 g/mol. The van der Waals surface area contributed by atoms with Crippen molar-refractivity contribution in [3.05, 3.63) is 60.2 Å². The van der Waals surface area contributed by atoms with Crippen LogP contribution < -0.4 is 20.7 Å². The topological polar surface area (TPSA) is 96.5 Å². The Kier molecular flexibility index (Phi) is 5.48. The van der Waals surface area contributed by atoms with Gasteiger partial charge in [-0.05, 0) is 36.2 Å². The number of carbonyl (C=O) groups excluding carboxylic acids is 3. The molecule has 2 aromatic carbocycles. The normalized spacial score (nSPS) is 15.9. The number of nitrogens with one attached hydrogen (secondary N) is 3. The van der Waals surface area contributed by atoms with E-state index in [1.807, 2.05) is 54.6 Å². The van der Waals surface area contributed by atoms with Crippen molar-refractivity contribution in [2.45, 2.75) is 18.9 Å². The van der Waals surface area contributed by atoms with Crippen LogP contribution in [0.3, 0.4) is 0 Å². The Balaban J connectivity index is 1.41. The van der Waals surface area contributed by atoms with Crippen LogP contribution in [0.15, 0.2) is 54.6 Å². The molecule has 1 heterocycles. The zero-order valence-electron chi connectivity index (χ0n) is 14.0. The summed E-state index contributed by atoms with van der Waals surface area (Å²) >= 11 is 0. The molecule has 1 saturated heterocycles. The largest absolute Gasteiger partial charge is 0.457 e. The maximum atomic E-state index is 11.8. The van der Waals surface area contributed by atoms with E-state index in [4.69, 9.17) is 4.74 Å². The highest BCUT2D eigenvalue weighted by Crippen LogP contribution is 2.21. The molecule has 0 radical (unpaired) electrons. The van der Waals surface area contributed by atoms with Gasteiger partial charge in [0.05, 0.1) is 6.42 Å². The van der Waals surface area contributed by atoms with Gasteiger partial charge in [0.2, 0.25) is 5.91 Å². The van der Waals surface area contributed by atoms with E-state index in [1.54, 1.807) is 0 Å². The molecule has 7 nitrogen and oxygen atoms in total. The molecule has 1 aliphatic rings. The summed E-state index contributed by atoms with van der Waals surface area (Å²) in [5.74, 6) is 0.762. The Bertz CT molecular complexity index is 790. The molecule has 26 heavy (non-hydrogen) atoms. The van der Waals surface area contributed by atoms with E-state index in [0.717, 1.165) is 17.1 Å². The molecule has 4 amide bonds. The summed E-state index contributed by atoms with van der Waals surface area (Å²) in [6.45, 7) is 0.444. The molecule has 1 fully saturated rings. The van der Waals surface area contributed by atoms with Gasteiger partial charge in [0, 0.05) is 6.54 Å². The molecule has 134 valence electrons. The Morgan fingerprint density at radius 3 is 2.35 bits per heavy atom. The van der Waals surface area contributed by atoms with Gasteiger partial charge in [-0.1, -0.05) is 30.3 Å². The number of hydrogen-bond acceptors (Lipinski definition) is 4. The zero-order valence-corrected chi connectivity index (χ0v) is 14.0. The molecule has 3 rings (SSSR count). The predicted octanol–water partition coefficient (Wildman–Crippen LogP) is 1.74. The molecule has 0 aliphatic carbocycles. The van der Waals surface area contributed by atoms with Crippen LogP contribution in [0.25, 0.3) is 0 Å². The van der Waals surface area contributed by atoms with Gasteiger partial charge in [0.1, 0.15) is 17.5 Å². The van der Waals surface area contributed by atoms with Crippen molar-refractivity contribution in [3.63, 3.8) is 0 Å². The molecule has 3 N–H and O–H groups in total. The minimum Gasteiger partial charge on any atom is -0.457 e. The lowest BCUT2D eigenvalue weighted by molar-refractivity contribution is -0.126. The van der Waals surface area contributed by atoms with Crippen LogP contribution in [0.1, 0.15) is 12.0 Å². The fraction of sp³-hybridized carbons (Fsp3) is 0.211. The number of carbonyl (C=O) groups is 3. The van der Waals surface area contributed by atoms with Crippen LogP contribution in [-0.2, 0) is 16.0 Å². The number of amides is 4. The quantitative estimate of drug-likeness (QED) is 0.661. The van der Waals surface area contributed by atoms with Crippen molar-refractivity contribution >= 4 is 17.8 Å². The highest BCUT2D eigenvalue weighted by Gasteiger charge is 2.30. The molecule has 0 bridgehead atoms. The molecule has 0 spiro atoms. The highest BCUT2D eigenvalue weighted by molar-refractivity contribution is 6.05. The Hall–Kier alpha value is -3.35. The van der Waals surface area contributed by atoms with Gasteiger partial charge in [-0.3, -0.25) is 14.9 Å². The first-order chi connectivity index (χ1) is 12.6. The first kappa shape index (κ1) is 17.5. The van der Waals surface area contributed by atoms with E-state index in [1.165, 1.54) is 0 Å². The number of para-hydroxylation sites is 1. The molecule has 7 heteroatoms. The van der Waals surface area contributed by atoms with Gasteiger partial charge in [-0.15, -0.1) is 0 Å². The summed E-state index contributed by atoms with van der Waals surface area (Å²) in [6.07, 6.45) is 0.585. The number of rotatable bonds is 7. The van der Waals surface area contributed by atoms with Gasteiger partial charge in [0.15, 0.2) is 0 Å². The lowest BCUT2D eigenvalue weighted by Gasteiger charge is -2.09. The van der Waals surface area contributed by atoms with Crippen molar-refractivity contribution in [1.29, 1.82) is 0 Å². The molecule has 2 aromatic rings. The number of benzene rings is 2. The summed E-state index contributed by atoms with van der Waals surface area (Å²) in [7, 11) is 0. The standard InChI is InChI=1S/C19H19N3O4/c23-17(12-16-18(24)22-19(25)21-16)20-11-10-13-6-8-15(9-7-13)26-14-4-2-1-3-5-14/h1-9,16H,10-12H2,(H,20,23)(H2,21,22,24,25). The third-order valence-corrected chi connectivity index (χ3v) is 3.89. The van der Waals surface area contributed by atoms with Crippen molar-refractivity contribution in [2.24, 2.45) is 0 Å². The lowest BCUT2D eigenvalue weighted by atomic mass is 10.1. The summed E-state index contributed by atoms with van der Waals surface area (Å²) in [5.41, 5.74) is 1.05. The molecule has 1 unspecified atom stereocenters. The van der Waals surface area contributed by atoms with Crippen LogP contribution in [0.5, 0.6) is 11.5 Å². The van der Waals surface area contributed by atoms with Crippen LogP contribution >= 0.6 is 0 Å². The Labute approximate surface area is 150 Å². The van der Waals surface area contributed by atoms with Gasteiger partial charge in [-0.2, -0.15) is 0 Å². The minimum atomic E-state index is -0.795. The van der Waals surface area contributed by atoms with E-state index in [-0.39, 0.29) is 12.3 Å². The number of imide groups is 1. The second-order valence-corrected chi connectivity index (χ2v) is 5.88. The maximum absolute atomic E-state index is 11.8. The van der Waals surface area contributed by atoms with Crippen LogP contribution in [0.2, 0.25) is 0 Å². The van der Waals surface area contributed by atoms with Crippen molar-refractivity contribution < 1.29 is 19.1 Å². The molecule has 0 saturated carbocycles. The predicted molar refractivity (Wildman–Crippen MR) is 94.8 cm³/mol. The first-order valence-corrected chi connectivity index (χ1v) is 8.30. The summed E-state index contributed by atoms with van der Waals surface area (Å²) < 4.78 is 5.73. The first-order valence-electron chi connectivity index (χ1n) is 8.30. The Morgan fingerprint density at radius 2 is 1.69 bits per heavy atom. The summed E-state index contributed by atoms with van der Waals surface area (Å²) in [4.78, 5) is 34.2. The minimum absolute atomic E-state index is 0.0680. The van der Waals surface area contributed by atoms with E-state index >= 15 is 0 Å². The van der Waals surface area contributed by atoms with Gasteiger partial charge < -0.3 is 15.4 Å². The van der Waals surface area contributed by atoms with Crippen molar-refractivity contribution in [3.8, 4) is 11.5 Å². The third-order valence-electron chi connectivity index (χ3n) is 3.89. The molecule has 1 atom stereocenters. The average Bonchev–Trinajstić information content (AvgIpc) is 2.94. The molecule has 1 aliphatic heterocycles. The fourth-order valence-corrected chi connectivity index (χ4v) is 2.56. The van der Waals surface area contributed by atoms with Gasteiger partial charge in [0.25, 0.3) is 5.91 Å². The fourth-order valence-electron chi connectivity index (χ4n) is 2.56. The SMILES string of the molecule is O=C(CC1NC(=O)NC1=O)NCCc1ccc(Oc2ccccc2)cc1. The van der Waals surface area contributed by atoms with Crippen molar-refractivity contribution in [1.82, 2.24) is 16.0 Å². The number of hydrogen-bond donors (Lipinski definition) is 3. The lowest BCUT2D eigenvalue weighted by Crippen LogP contribution is -2.36. The maximum Gasteiger partial charge on any atom is 0.322 e. The third kappa shape index (κ3) is 4.83. The second kappa shape index (κ2) is 8.15. The van der Waals surface area contributed by atoms with Crippen LogP contribution in [0, 0.1) is 0 Å². The number of ether oxygens (including phenoxy) is 1. The van der Waals surface area contributed by atoms with E-state index < -0.39 is 18.0 Å².